The number of halogens is 1. The highest BCUT2D eigenvalue weighted by Gasteiger charge is 2.28. The number of anilines is 4. The molecule has 0 unspecified atom stereocenters. The average molecular weight is 397 g/mol. The molecule has 3 rings (SSSR count). The summed E-state index contributed by atoms with van der Waals surface area (Å²) in [7, 11) is 2.79. The van der Waals surface area contributed by atoms with Crippen LogP contribution in [0.2, 0.25) is 0 Å². The lowest BCUT2D eigenvalue weighted by atomic mass is 10.1. The highest BCUT2D eigenvalue weighted by molar-refractivity contribution is 5.97. The van der Waals surface area contributed by atoms with Crippen molar-refractivity contribution in [2.75, 3.05) is 24.4 Å². The van der Waals surface area contributed by atoms with E-state index < -0.39 is 22.4 Å². The number of carbonyl (C=O) groups excluding carboxylic acids is 1. The Morgan fingerprint density at radius 1 is 1.17 bits per heavy atom. The van der Waals surface area contributed by atoms with Gasteiger partial charge in [-0.2, -0.15) is 0 Å². The molecule has 10 heteroatoms. The van der Waals surface area contributed by atoms with Crippen LogP contribution in [0.3, 0.4) is 0 Å². The monoisotopic (exact) mass is 397 g/mol. The molecule has 2 aromatic carbocycles. The molecule has 29 heavy (non-hydrogen) atoms. The van der Waals surface area contributed by atoms with E-state index in [0.717, 1.165) is 6.33 Å². The molecule has 0 saturated carbocycles. The molecule has 1 N–H and O–H groups in total. The van der Waals surface area contributed by atoms with E-state index in [0.29, 0.717) is 11.4 Å². The van der Waals surface area contributed by atoms with Gasteiger partial charge in [0, 0.05) is 12.7 Å². The van der Waals surface area contributed by atoms with Gasteiger partial charge in [-0.25, -0.2) is 19.2 Å². The first-order valence-corrected chi connectivity index (χ1v) is 8.35. The molecule has 0 aliphatic rings. The van der Waals surface area contributed by atoms with Gasteiger partial charge in [0.15, 0.2) is 0 Å². The van der Waals surface area contributed by atoms with Crippen LogP contribution in [0.4, 0.5) is 33.1 Å². The predicted octanol–water partition coefficient (Wildman–Crippen LogP) is 3.82. The van der Waals surface area contributed by atoms with E-state index in [1.165, 1.54) is 36.3 Å². The van der Waals surface area contributed by atoms with Crippen LogP contribution < -0.4 is 10.2 Å². The lowest BCUT2D eigenvalue weighted by molar-refractivity contribution is -0.383. The zero-order valence-corrected chi connectivity index (χ0v) is 15.5. The maximum absolute atomic E-state index is 13.1. The smallest absolute Gasteiger partial charge is 0.354 e. The van der Waals surface area contributed by atoms with Gasteiger partial charge in [0.05, 0.1) is 23.3 Å². The van der Waals surface area contributed by atoms with E-state index in [-0.39, 0.29) is 17.2 Å². The van der Waals surface area contributed by atoms with Gasteiger partial charge in [-0.15, -0.1) is 0 Å². The molecular weight excluding hydrogens is 381 g/mol. The first-order chi connectivity index (χ1) is 13.9. The van der Waals surface area contributed by atoms with Gasteiger partial charge in [0.2, 0.25) is 11.6 Å². The number of nitrogens with zero attached hydrogens (tertiary/aromatic N) is 4. The average Bonchev–Trinajstić information content (AvgIpc) is 2.74. The lowest BCUT2D eigenvalue weighted by Crippen LogP contribution is -2.18. The highest BCUT2D eigenvalue weighted by Crippen LogP contribution is 2.37. The van der Waals surface area contributed by atoms with Crippen LogP contribution in [0.25, 0.3) is 0 Å². The third-order valence-corrected chi connectivity index (χ3v) is 4.08. The van der Waals surface area contributed by atoms with Crippen LogP contribution >= 0.6 is 0 Å². The molecule has 3 aromatic rings. The SMILES string of the molecule is COC(=O)c1ccccc1N(C)c1ncnc(Nc2ccc(F)cc2)c1[N+](=O)[O-]. The summed E-state index contributed by atoms with van der Waals surface area (Å²) in [5.41, 5.74) is 0.600. The summed E-state index contributed by atoms with van der Waals surface area (Å²) in [5.74, 6) is -1.14. The summed E-state index contributed by atoms with van der Waals surface area (Å²) in [6, 6.07) is 11.8. The van der Waals surface area contributed by atoms with Gasteiger partial charge < -0.3 is 15.0 Å². The Morgan fingerprint density at radius 2 is 1.86 bits per heavy atom. The standard InChI is InChI=1S/C19H16FN5O4/c1-24(15-6-4-3-5-14(15)19(26)29-2)18-16(25(27)28)17(21-11-22-18)23-13-9-7-12(20)8-10-13/h3-11H,1-2H3,(H,21,22,23). The van der Waals surface area contributed by atoms with Crippen LogP contribution in [0.1, 0.15) is 10.4 Å². The number of nitrogens with one attached hydrogen (secondary N) is 1. The fourth-order valence-corrected chi connectivity index (χ4v) is 2.71. The number of aromatic nitrogens is 2. The van der Waals surface area contributed by atoms with Crippen molar-refractivity contribution in [3.05, 3.63) is 76.4 Å². The predicted molar refractivity (Wildman–Crippen MR) is 104 cm³/mol. The van der Waals surface area contributed by atoms with Crippen LogP contribution in [0, 0.1) is 15.9 Å². The molecule has 1 aromatic heterocycles. The van der Waals surface area contributed by atoms with E-state index in [9.17, 15) is 19.3 Å². The number of benzene rings is 2. The quantitative estimate of drug-likeness (QED) is 0.380. The number of para-hydroxylation sites is 1. The first-order valence-electron chi connectivity index (χ1n) is 8.35. The van der Waals surface area contributed by atoms with E-state index in [2.05, 4.69) is 15.3 Å². The minimum atomic E-state index is -0.627. The summed E-state index contributed by atoms with van der Waals surface area (Å²) in [6.07, 6.45) is 1.16. The lowest BCUT2D eigenvalue weighted by Gasteiger charge is -2.21. The molecule has 0 radical (unpaired) electrons. The van der Waals surface area contributed by atoms with Crippen molar-refractivity contribution in [1.82, 2.24) is 9.97 Å². The van der Waals surface area contributed by atoms with Crippen molar-refractivity contribution in [2.45, 2.75) is 0 Å². The second-order valence-corrected chi connectivity index (χ2v) is 5.85. The van der Waals surface area contributed by atoms with Gasteiger partial charge in [-0.3, -0.25) is 10.1 Å². The van der Waals surface area contributed by atoms with Gasteiger partial charge >= 0.3 is 11.7 Å². The molecule has 1 heterocycles. The minimum Gasteiger partial charge on any atom is -0.465 e. The Morgan fingerprint density at radius 3 is 2.52 bits per heavy atom. The van der Waals surface area contributed by atoms with Crippen molar-refractivity contribution >= 4 is 34.7 Å². The summed E-state index contributed by atoms with van der Waals surface area (Å²) in [6.45, 7) is 0. The minimum absolute atomic E-state index is 0.0361. The number of hydrogen-bond donors (Lipinski definition) is 1. The second-order valence-electron chi connectivity index (χ2n) is 5.85. The van der Waals surface area contributed by atoms with E-state index in [1.807, 2.05) is 0 Å². The molecule has 0 fully saturated rings. The zero-order chi connectivity index (χ0) is 21.0. The van der Waals surface area contributed by atoms with Crippen molar-refractivity contribution in [3.63, 3.8) is 0 Å². The second kappa shape index (κ2) is 8.30. The summed E-state index contributed by atoms with van der Waals surface area (Å²) < 4.78 is 17.9. The Bertz CT molecular complexity index is 1060. The normalized spacial score (nSPS) is 10.3. The molecule has 148 valence electrons. The van der Waals surface area contributed by atoms with E-state index in [1.54, 1.807) is 31.3 Å². The van der Waals surface area contributed by atoms with Crippen LogP contribution in [0.15, 0.2) is 54.9 Å². The van der Waals surface area contributed by atoms with Crippen molar-refractivity contribution in [3.8, 4) is 0 Å². The number of esters is 1. The third-order valence-electron chi connectivity index (χ3n) is 4.08. The Hall–Kier alpha value is -4.08. The number of ether oxygens (including phenoxy) is 1. The maximum atomic E-state index is 13.1. The van der Waals surface area contributed by atoms with Crippen LogP contribution in [-0.4, -0.2) is 35.0 Å². The molecule has 0 spiro atoms. The van der Waals surface area contributed by atoms with Crippen molar-refractivity contribution in [2.24, 2.45) is 0 Å². The highest BCUT2D eigenvalue weighted by atomic mass is 19.1. The molecular formula is C19H16FN5O4. The number of carbonyl (C=O) groups is 1. The number of rotatable bonds is 6. The van der Waals surface area contributed by atoms with Gasteiger partial charge in [-0.1, -0.05) is 12.1 Å². The fourth-order valence-electron chi connectivity index (χ4n) is 2.71. The fraction of sp³-hybridized carbons (Fsp3) is 0.105. The number of nitro groups is 1. The largest absolute Gasteiger partial charge is 0.465 e. The maximum Gasteiger partial charge on any atom is 0.354 e. The van der Waals surface area contributed by atoms with E-state index >= 15 is 0 Å². The molecule has 0 amide bonds. The van der Waals surface area contributed by atoms with Crippen molar-refractivity contribution in [1.29, 1.82) is 0 Å². The van der Waals surface area contributed by atoms with Crippen LogP contribution in [0.5, 0.6) is 0 Å². The molecule has 0 aliphatic heterocycles. The van der Waals surface area contributed by atoms with Crippen LogP contribution in [-0.2, 0) is 4.74 Å². The van der Waals surface area contributed by atoms with Crippen molar-refractivity contribution < 1.29 is 18.8 Å². The van der Waals surface area contributed by atoms with Gasteiger partial charge in [0.1, 0.15) is 12.1 Å². The van der Waals surface area contributed by atoms with Gasteiger partial charge in [0.25, 0.3) is 0 Å². The molecule has 0 atom stereocenters. The molecule has 9 nitrogen and oxygen atoms in total. The zero-order valence-electron chi connectivity index (χ0n) is 15.5. The van der Waals surface area contributed by atoms with E-state index in [4.69, 9.17) is 4.74 Å². The first kappa shape index (κ1) is 19.7. The Kier molecular flexibility index (Phi) is 5.63. The molecule has 0 aliphatic carbocycles. The molecule has 0 saturated heterocycles. The third kappa shape index (κ3) is 4.10. The Balaban J connectivity index is 2.07. The number of hydrogen-bond acceptors (Lipinski definition) is 8. The topological polar surface area (TPSA) is 110 Å². The summed E-state index contributed by atoms with van der Waals surface area (Å²) >= 11 is 0. The number of methoxy groups -OCH3 is 1. The Labute approximate surface area is 164 Å². The summed E-state index contributed by atoms with van der Waals surface area (Å²) in [4.78, 5) is 32.6. The molecule has 0 bridgehead atoms. The summed E-state index contributed by atoms with van der Waals surface area (Å²) in [5, 5.41) is 14.6. The van der Waals surface area contributed by atoms with Gasteiger partial charge in [-0.05, 0) is 36.4 Å².